The number of rotatable bonds is 4. The standard InChI is InChI=1S/C14H19N3/c1-3-10-17-13(15)16-11-14(17,4-2)12-8-6-5-7-9-12/h3,5-9H,1,4,10-11H2,2H3,(H2,15,16). The summed E-state index contributed by atoms with van der Waals surface area (Å²) in [7, 11) is 0. The van der Waals surface area contributed by atoms with Gasteiger partial charge in [-0.05, 0) is 12.0 Å². The summed E-state index contributed by atoms with van der Waals surface area (Å²) in [5, 5.41) is 0. The van der Waals surface area contributed by atoms with Crippen LogP contribution in [0, 0.1) is 0 Å². The molecule has 0 saturated carbocycles. The van der Waals surface area contributed by atoms with Gasteiger partial charge in [-0.2, -0.15) is 0 Å². The van der Waals surface area contributed by atoms with Crippen LogP contribution in [0.5, 0.6) is 0 Å². The van der Waals surface area contributed by atoms with Gasteiger partial charge in [0.15, 0.2) is 5.96 Å². The first-order valence-electron chi connectivity index (χ1n) is 5.98. The van der Waals surface area contributed by atoms with Crippen LogP contribution in [-0.2, 0) is 5.54 Å². The number of nitrogens with two attached hydrogens (primary N) is 1. The quantitative estimate of drug-likeness (QED) is 0.803. The van der Waals surface area contributed by atoms with Gasteiger partial charge in [-0.3, -0.25) is 4.99 Å². The molecule has 1 atom stereocenters. The largest absolute Gasteiger partial charge is 0.370 e. The molecule has 0 amide bonds. The number of nitrogens with zero attached hydrogens (tertiary/aromatic N) is 2. The van der Waals surface area contributed by atoms with Crippen molar-refractivity contribution < 1.29 is 0 Å². The fraction of sp³-hybridized carbons (Fsp3) is 0.357. The SMILES string of the molecule is C=CCN1C(N)=NCC1(CC)c1ccccc1. The number of hydrogen-bond acceptors (Lipinski definition) is 3. The highest BCUT2D eigenvalue weighted by Gasteiger charge is 2.41. The van der Waals surface area contributed by atoms with Crippen molar-refractivity contribution in [3.8, 4) is 0 Å². The van der Waals surface area contributed by atoms with E-state index < -0.39 is 0 Å². The highest BCUT2D eigenvalue weighted by Crippen LogP contribution is 2.35. The Balaban J connectivity index is 2.41. The van der Waals surface area contributed by atoms with Crippen molar-refractivity contribution in [1.29, 1.82) is 0 Å². The molecule has 1 aromatic rings. The molecule has 90 valence electrons. The van der Waals surface area contributed by atoms with Crippen LogP contribution < -0.4 is 5.73 Å². The van der Waals surface area contributed by atoms with Gasteiger partial charge >= 0.3 is 0 Å². The van der Waals surface area contributed by atoms with Crippen LogP contribution in [0.25, 0.3) is 0 Å². The summed E-state index contributed by atoms with van der Waals surface area (Å²) in [5.41, 5.74) is 7.16. The summed E-state index contributed by atoms with van der Waals surface area (Å²) in [5.74, 6) is 0.621. The highest BCUT2D eigenvalue weighted by molar-refractivity contribution is 5.81. The summed E-state index contributed by atoms with van der Waals surface area (Å²) in [4.78, 5) is 6.56. The molecule has 1 aliphatic heterocycles. The predicted molar refractivity (Wildman–Crippen MR) is 71.8 cm³/mol. The Labute approximate surface area is 103 Å². The second-order valence-electron chi connectivity index (χ2n) is 4.32. The topological polar surface area (TPSA) is 41.6 Å². The van der Waals surface area contributed by atoms with Crippen molar-refractivity contribution in [3.63, 3.8) is 0 Å². The van der Waals surface area contributed by atoms with E-state index in [0.717, 1.165) is 19.5 Å². The van der Waals surface area contributed by atoms with Crippen LogP contribution in [0.2, 0.25) is 0 Å². The molecule has 0 radical (unpaired) electrons. The monoisotopic (exact) mass is 229 g/mol. The molecule has 2 N–H and O–H groups in total. The van der Waals surface area contributed by atoms with E-state index in [9.17, 15) is 0 Å². The lowest BCUT2D eigenvalue weighted by atomic mass is 9.86. The Morgan fingerprint density at radius 2 is 2.18 bits per heavy atom. The van der Waals surface area contributed by atoms with Crippen LogP contribution in [0.4, 0.5) is 0 Å². The molecule has 0 fully saturated rings. The van der Waals surface area contributed by atoms with Gasteiger partial charge in [0.25, 0.3) is 0 Å². The average molecular weight is 229 g/mol. The molecular weight excluding hydrogens is 210 g/mol. The Kier molecular flexibility index (Phi) is 3.18. The average Bonchev–Trinajstić information content (AvgIpc) is 2.70. The molecule has 3 nitrogen and oxygen atoms in total. The molecule has 17 heavy (non-hydrogen) atoms. The Bertz CT molecular complexity index is 424. The van der Waals surface area contributed by atoms with Gasteiger partial charge < -0.3 is 10.6 Å². The Morgan fingerprint density at radius 3 is 2.76 bits per heavy atom. The Morgan fingerprint density at radius 1 is 1.47 bits per heavy atom. The smallest absolute Gasteiger partial charge is 0.192 e. The minimum Gasteiger partial charge on any atom is -0.370 e. The fourth-order valence-corrected chi connectivity index (χ4v) is 2.50. The predicted octanol–water partition coefficient (Wildman–Crippen LogP) is 2.11. The zero-order chi connectivity index (χ0) is 12.3. The number of guanidine groups is 1. The molecule has 0 aromatic heterocycles. The van der Waals surface area contributed by atoms with E-state index in [0.29, 0.717) is 5.96 Å². The van der Waals surface area contributed by atoms with Crippen LogP contribution in [0.15, 0.2) is 48.0 Å². The maximum atomic E-state index is 5.98. The van der Waals surface area contributed by atoms with Crippen LogP contribution >= 0.6 is 0 Å². The normalized spacial score (nSPS) is 23.6. The van der Waals surface area contributed by atoms with Crippen LogP contribution in [0.1, 0.15) is 18.9 Å². The molecule has 0 saturated heterocycles. The minimum absolute atomic E-state index is 0.0977. The molecule has 3 heteroatoms. The van der Waals surface area contributed by atoms with Gasteiger partial charge in [0.2, 0.25) is 0 Å². The summed E-state index contributed by atoms with van der Waals surface area (Å²) < 4.78 is 0. The van der Waals surface area contributed by atoms with E-state index >= 15 is 0 Å². The van der Waals surface area contributed by atoms with Crippen molar-refractivity contribution in [2.45, 2.75) is 18.9 Å². The van der Waals surface area contributed by atoms with Gasteiger partial charge in [-0.1, -0.05) is 43.3 Å². The van der Waals surface area contributed by atoms with E-state index in [2.05, 4.69) is 47.7 Å². The van der Waals surface area contributed by atoms with Gasteiger partial charge in [0.1, 0.15) is 0 Å². The molecule has 0 bridgehead atoms. The maximum Gasteiger partial charge on any atom is 0.192 e. The summed E-state index contributed by atoms with van der Waals surface area (Å²) in [6.07, 6.45) is 2.86. The molecule has 2 rings (SSSR count). The third kappa shape index (κ3) is 1.82. The zero-order valence-corrected chi connectivity index (χ0v) is 10.3. The van der Waals surface area contributed by atoms with Gasteiger partial charge in [0, 0.05) is 6.54 Å². The van der Waals surface area contributed by atoms with Gasteiger partial charge in [0.05, 0.1) is 12.1 Å². The van der Waals surface area contributed by atoms with Crippen LogP contribution in [-0.4, -0.2) is 23.9 Å². The summed E-state index contributed by atoms with van der Waals surface area (Å²) >= 11 is 0. The van der Waals surface area contributed by atoms with E-state index in [1.807, 2.05) is 12.1 Å². The highest BCUT2D eigenvalue weighted by atomic mass is 15.4. The second-order valence-corrected chi connectivity index (χ2v) is 4.32. The fourth-order valence-electron chi connectivity index (χ4n) is 2.50. The number of hydrogen-bond donors (Lipinski definition) is 1. The number of aliphatic imine (C=N–C) groups is 1. The van der Waals surface area contributed by atoms with Crippen molar-refractivity contribution >= 4 is 5.96 Å². The van der Waals surface area contributed by atoms with Crippen molar-refractivity contribution in [3.05, 3.63) is 48.6 Å². The molecule has 0 spiro atoms. The molecule has 1 aromatic carbocycles. The van der Waals surface area contributed by atoms with E-state index in [4.69, 9.17) is 5.73 Å². The van der Waals surface area contributed by atoms with Crippen molar-refractivity contribution in [2.75, 3.05) is 13.1 Å². The molecule has 1 heterocycles. The molecule has 1 aliphatic rings. The first-order chi connectivity index (χ1) is 8.24. The van der Waals surface area contributed by atoms with E-state index in [1.54, 1.807) is 0 Å². The van der Waals surface area contributed by atoms with Crippen LogP contribution in [0.3, 0.4) is 0 Å². The third-order valence-electron chi connectivity index (χ3n) is 3.50. The second kappa shape index (κ2) is 4.62. The third-order valence-corrected chi connectivity index (χ3v) is 3.50. The summed E-state index contributed by atoms with van der Waals surface area (Å²) in [6, 6.07) is 10.5. The van der Waals surface area contributed by atoms with Gasteiger partial charge in [-0.25, -0.2) is 0 Å². The maximum absolute atomic E-state index is 5.98. The lowest BCUT2D eigenvalue weighted by molar-refractivity contribution is 0.211. The zero-order valence-electron chi connectivity index (χ0n) is 10.3. The summed E-state index contributed by atoms with van der Waals surface area (Å²) in [6.45, 7) is 7.44. The Hall–Kier alpha value is -1.77. The van der Waals surface area contributed by atoms with E-state index in [-0.39, 0.29) is 5.54 Å². The first kappa shape index (κ1) is 11.7. The lowest BCUT2D eigenvalue weighted by Crippen LogP contribution is -2.49. The number of benzene rings is 1. The molecule has 0 aliphatic carbocycles. The minimum atomic E-state index is -0.0977. The van der Waals surface area contributed by atoms with Crippen molar-refractivity contribution in [2.24, 2.45) is 10.7 Å². The lowest BCUT2D eigenvalue weighted by Gasteiger charge is -2.38. The first-order valence-corrected chi connectivity index (χ1v) is 5.98. The molecule has 1 unspecified atom stereocenters. The van der Waals surface area contributed by atoms with Gasteiger partial charge in [-0.15, -0.1) is 6.58 Å². The van der Waals surface area contributed by atoms with Crippen molar-refractivity contribution in [1.82, 2.24) is 4.90 Å². The van der Waals surface area contributed by atoms with E-state index in [1.165, 1.54) is 5.56 Å². The molecular formula is C14H19N3.